The van der Waals surface area contributed by atoms with Crippen molar-refractivity contribution in [2.75, 3.05) is 31.1 Å². The molecule has 1 N–H and O–H groups in total. The molecule has 158 valence electrons. The van der Waals surface area contributed by atoms with Gasteiger partial charge >= 0.3 is 5.97 Å². The van der Waals surface area contributed by atoms with Crippen molar-refractivity contribution in [2.45, 2.75) is 44.9 Å². The lowest BCUT2D eigenvalue weighted by Crippen LogP contribution is -2.38. The minimum Gasteiger partial charge on any atom is -0.455 e. The largest absolute Gasteiger partial charge is 0.455 e. The van der Waals surface area contributed by atoms with Gasteiger partial charge in [0.25, 0.3) is 11.6 Å². The van der Waals surface area contributed by atoms with E-state index in [0.29, 0.717) is 44.1 Å². The fraction of sp³-hybridized carbons (Fsp3) is 0.619. The SMILES string of the molecule is O=C(COC(=O)C1CCN(c2ccccc2[N+](=O)[O-])CC1)NCC1CCCCC1. The van der Waals surface area contributed by atoms with E-state index in [1.54, 1.807) is 18.2 Å². The highest BCUT2D eigenvalue weighted by Crippen LogP contribution is 2.31. The van der Waals surface area contributed by atoms with E-state index in [1.165, 1.54) is 25.3 Å². The van der Waals surface area contributed by atoms with Crippen molar-refractivity contribution in [2.24, 2.45) is 11.8 Å². The summed E-state index contributed by atoms with van der Waals surface area (Å²) in [5.41, 5.74) is 0.648. The van der Waals surface area contributed by atoms with Gasteiger partial charge in [-0.25, -0.2) is 0 Å². The number of para-hydroxylation sites is 2. The van der Waals surface area contributed by atoms with Crippen LogP contribution in [0.5, 0.6) is 0 Å². The van der Waals surface area contributed by atoms with Gasteiger partial charge in [-0.1, -0.05) is 31.4 Å². The van der Waals surface area contributed by atoms with E-state index in [0.717, 1.165) is 12.8 Å². The molecule has 2 fully saturated rings. The first-order chi connectivity index (χ1) is 14.0. The first kappa shape index (κ1) is 21.1. The number of benzene rings is 1. The van der Waals surface area contributed by atoms with Crippen molar-refractivity contribution in [1.82, 2.24) is 5.32 Å². The maximum Gasteiger partial charge on any atom is 0.309 e. The maximum absolute atomic E-state index is 12.3. The molecule has 1 aliphatic heterocycles. The van der Waals surface area contributed by atoms with Gasteiger partial charge in [-0.2, -0.15) is 0 Å². The highest BCUT2D eigenvalue weighted by atomic mass is 16.6. The van der Waals surface area contributed by atoms with E-state index in [4.69, 9.17) is 4.74 Å². The molecule has 0 radical (unpaired) electrons. The van der Waals surface area contributed by atoms with E-state index >= 15 is 0 Å². The van der Waals surface area contributed by atoms with Gasteiger partial charge in [0.15, 0.2) is 6.61 Å². The molecule has 0 bridgehead atoms. The van der Waals surface area contributed by atoms with Gasteiger partial charge in [0.05, 0.1) is 10.8 Å². The third kappa shape index (κ3) is 5.92. The van der Waals surface area contributed by atoms with Gasteiger partial charge in [-0.3, -0.25) is 19.7 Å². The number of nitrogens with one attached hydrogen (secondary N) is 1. The minimum absolute atomic E-state index is 0.0724. The van der Waals surface area contributed by atoms with Crippen molar-refractivity contribution >= 4 is 23.3 Å². The summed E-state index contributed by atoms with van der Waals surface area (Å²) in [5.74, 6) is -0.351. The van der Waals surface area contributed by atoms with E-state index < -0.39 is 0 Å². The van der Waals surface area contributed by atoms with Crippen LogP contribution in [0.25, 0.3) is 0 Å². The van der Waals surface area contributed by atoms with E-state index in [2.05, 4.69) is 5.32 Å². The Morgan fingerprint density at radius 2 is 1.79 bits per heavy atom. The first-order valence-corrected chi connectivity index (χ1v) is 10.5. The molecular formula is C21H29N3O5. The molecule has 8 nitrogen and oxygen atoms in total. The fourth-order valence-corrected chi connectivity index (χ4v) is 4.20. The Labute approximate surface area is 170 Å². The molecule has 1 aliphatic carbocycles. The summed E-state index contributed by atoms with van der Waals surface area (Å²) >= 11 is 0. The Morgan fingerprint density at radius 3 is 2.48 bits per heavy atom. The number of nitro benzene ring substituents is 1. The van der Waals surface area contributed by atoms with Crippen LogP contribution in [0.4, 0.5) is 11.4 Å². The third-order valence-corrected chi connectivity index (χ3v) is 5.91. The van der Waals surface area contributed by atoms with Crippen molar-refractivity contribution in [3.8, 4) is 0 Å². The van der Waals surface area contributed by atoms with Gasteiger partial charge in [-0.05, 0) is 37.7 Å². The van der Waals surface area contributed by atoms with Crippen LogP contribution in [0.1, 0.15) is 44.9 Å². The predicted molar refractivity (Wildman–Crippen MR) is 109 cm³/mol. The normalized spacial score (nSPS) is 18.3. The number of nitro groups is 1. The monoisotopic (exact) mass is 403 g/mol. The number of hydrogen-bond acceptors (Lipinski definition) is 6. The molecule has 1 aromatic rings. The Morgan fingerprint density at radius 1 is 1.10 bits per heavy atom. The van der Waals surface area contributed by atoms with Gasteiger partial charge < -0.3 is 15.0 Å². The lowest BCUT2D eigenvalue weighted by atomic mass is 9.89. The van der Waals surface area contributed by atoms with E-state index in [-0.39, 0.29) is 35.0 Å². The number of anilines is 1. The molecule has 1 heterocycles. The maximum atomic E-state index is 12.3. The molecule has 8 heteroatoms. The molecule has 0 spiro atoms. The number of nitrogens with zero attached hydrogens (tertiary/aromatic N) is 2. The van der Waals surface area contributed by atoms with Gasteiger partial charge in [-0.15, -0.1) is 0 Å². The van der Waals surface area contributed by atoms with Crippen LogP contribution < -0.4 is 10.2 Å². The number of hydrogen-bond donors (Lipinski definition) is 1. The number of carbonyl (C=O) groups is 2. The summed E-state index contributed by atoms with van der Waals surface area (Å²) in [6.45, 7) is 1.50. The van der Waals surface area contributed by atoms with Crippen LogP contribution in [-0.4, -0.2) is 43.0 Å². The zero-order valence-electron chi connectivity index (χ0n) is 16.7. The molecule has 1 aromatic carbocycles. The average molecular weight is 403 g/mol. The average Bonchev–Trinajstić information content (AvgIpc) is 2.77. The smallest absolute Gasteiger partial charge is 0.309 e. The Hall–Kier alpha value is -2.64. The molecule has 1 saturated heterocycles. The van der Waals surface area contributed by atoms with Crippen LogP contribution in [0.15, 0.2) is 24.3 Å². The fourth-order valence-electron chi connectivity index (χ4n) is 4.20. The van der Waals surface area contributed by atoms with Crippen LogP contribution in [0.3, 0.4) is 0 Å². The number of rotatable bonds is 7. The van der Waals surface area contributed by atoms with Crippen molar-refractivity contribution in [3.63, 3.8) is 0 Å². The van der Waals surface area contributed by atoms with Crippen molar-refractivity contribution in [3.05, 3.63) is 34.4 Å². The molecular weight excluding hydrogens is 374 g/mol. The number of piperidine rings is 1. The molecule has 1 saturated carbocycles. The molecule has 0 atom stereocenters. The quantitative estimate of drug-likeness (QED) is 0.426. The highest BCUT2D eigenvalue weighted by molar-refractivity contribution is 5.81. The molecule has 0 aromatic heterocycles. The third-order valence-electron chi connectivity index (χ3n) is 5.91. The lowest BCUT2D eigenvalue weighted by molar-refractivity contribution is -0.384. The second kappa shape index (κ2) is 10.2. The van der Waals surface area contributed by atoms with Gasteiger partial charge in [0, 0.05) is 25.7 Å². The topological polar surface area (TPSA) is 102 Å². The summed E-state index contributed by atoms with van der Waals surface area (Å²) < 4.78 is 5.21. The van der Waals surface area contributed by atoms with Crippen molar-refractivity contribution < 1.29 is 19.2 Å². The second-order valence-electron chi connectivity index (χ2n) is 7.92. The summed E-state index contributed by atoms with van der Waals surface area (Å²) in [6, 6.07) is 6.63. The summed E-state index contributed by atoms with van der Waals surface area (Å²) in [5, 5.41) is 14.1. The predicted octanol–water partition coefficient (Wildman–Crippen LogP) is 3.05. The molecule has 0 unspecified atom stereocenters. The van der Waals surface area contributed by atoms with Crippen LogP contribution >= 0.6 is 0 Å². The number of ether oxygens (including phenoxy) is 1. The van der Waals surface area contributed by atoms with E-state index in [1.807, 2.05) is 4.90 Å². The van der Waals surface area contributed by atoms with Crippen LogP contribution in [0.2, 0.25) is 0 Å². The minimum atomic E-state index is -0.387. The Kier molecular flexibility index (Phi) is 7.43. The summed E-state index contributed by atoms with van der Waals surface area (Å²) in [7, 11) is 0. The highest BCUT2D eigenvalue weighted by Gasteiger charge is 2.29. The van der Waals surface area contributed by atoms with Gasteiger partial charge in [0.1, 0.15) is 5.69 Å². The number of amides is 1. The number of esters is 1. The summed E-state index contributed by atoms with van der Waals surface area (Å²) in [4.78, 5) is 37.0. The number of carbonyl (C=O) groups excluding carboxylic acids is 2. The zero-order valence-corrected chi connectivity index (χ0v) is 16.7. The van der Waals surface area contributed by atoms with Crippen molar-refractivity contribution in [1.29, 1.82) is 0 Å². The van der Waals surface area contributed by atoms with Gasteiger partial charge in [0.2, 0.25) is 0 Å². The molecule has 1 amide bonds. The zero-order chi connectivity index (χ0) is 20.6. The molecule has 3 rings (SSSR count). The lowest BCUT2D eigenvalue weighted by Gasteiger charge is -2.32. The molecule has 29 heavy (non-hydrogen) atoms. The van der Waals surface area contributed by atoms with E-state index in [9.17, 15) is 19.7 Å². The standard InChI is InChI=1S/C21H29N3O5/c25-20(22-14-16-6-2-1-3-7-16)15-29-21(26)17-10-12-23(13-11-17)18-8-4-5-9-19(18)24(27)28/h4-5,8-9,16-17H,1-3,6-7,10-15H2,(H,22,25). The Bertz CT molecular complexity index is 725. The molecule has 2 aliphatic rings. The van der Waals surface area contributed by atoms with Crippen LogP contribution in [0, 0.1) is 22.0 Å². The Balaban J connectivity index is 1.40. The second-order valence-corrected chi connectivity index (χ2v) is 7.92. The first-order valence-electron chi connectivity index (χ1n) is 10.5. The summed E-state index contributed by atoms with van der Waals surface area (Å²) in [6.07, 6.45) is 7.12. The van der Waals surface area contributed by atoms with Crippen LogP contribution in [-0.2, 0) is 14.3 Å².